The lowest BCUT2D eigenvalue weighted by molar-refractivity contribution is 0.401. The van der Waals surface area contributed by atoms with Gasteiger partial charge in [0.1, 0.15) is 0 Å². The first kappa shape index (κ1) is 17.7. The van der Waals surface area contributed by atoms with Crippen LogP contribution in [0.1, 0.15) is 0 Å². The highest BCUT2D eigenvalue weighted by Crippen LogP contribution is 2.10. The third-order valence-corrected chi connectivity index (χ3v) is 7.12. The van der Waals surface area contributed by atoms with Crippen LogP contribution in [0.25, 0.3) is 0 Å². The standard InChI is InChI=1S/C12H12O8S2Si/c13-21(14,15)9-1-5-11(6-2-9)23(19,20)12-7-3-10(4-8-12)22(16,17)18/h1-8,19-20H,(H,13,14,15)(H,16,17,18). The van der Waals surface area contributed by atoms with E-state index in [1.165, 1.54) is 0 Å². The van der Waals surface area contributed by atoms with Gasteiger partial charge in [0.2, 0.25) is 0 Å². The predicted molar refractivity (Wildman–Crippen MR) is 82.0 cm³/mol. The van der Waals surface area contributed by atoms with Gasteiger partial charge in [0.05, 0.1) is 9.79 Å². The molecule has 0 bridgehead atoms. The van der Waals surface area contributed by atoms with E-state index in [1.807, 2.05) is 0 Å². The van der Waals surface area contributed by atoms with Gasteiger partial charge < -0.3 is 9.59 Å². The van der Waals surface area contributed by atoms with Gasteiger partial charge in [-0.15, -0.1) is 0 Å². The lowest BCUT2D eigenvalue weighted by Gasteiger charge is -2.19. The molecule has 0 radical (unpaired) electrons. The van der Waals surface area contributed by atoms with Crippen LogP contribution in [-0.4, -0.2) is 44.1 Å². The van der Waals surface area contributed by atoms with Gasteiger partial charge in [-0.2, -0.15) is 16.8 Å². The Labute approximate surface area is 133 Å². The zero-order valence-electron chi connectivity index (χ0n) is 11.4. The highest BCUT2D eigenvalue weighted by molar-refractivity contribution is 7.86. The summed E-state index contributed by atoms with van der Waals surface area (Å²) in [6.07, 6.45) is 0. The summed E-state index contributed by atoms with van der Waals surface area (Å²) in [6.45, 7) is 0. The zero-order valence-corrected chi connectivity index (χ0v) is 14.0. The van der Waals surface area contributed by atoms with Crippen molar-refractivity contribution in [3.63, 3.8) is 0 Å². The molecule has 0 spiro atoms. The van der Waals surface area contributed by atoms with Crippen molar-refractivity contribution < 1.29 is 35.5 Å². The predicted octanol–water partition coefficient (Wildman–Crippen LogP) is -1.28. The molecule has 0 aromatic heterocycles. The molecule has 11 heteroatoms. The second-order valence-electron chi connectivity index (χ2n) is 4.67. The molecule has 8 nitrogen and oxygen atoms in total. The largest absolute Gasteiger partial charge is 0.404 e. The second-order valence-corrected chi connectivity index (χ2v) is 10.0. The van der Waals surface area contributed by atoms with Crippen LogP contribution >= 0.6 is 0 Å². The van der Waals surface area contributed by atoms with Crippen LogP contribution in [0.5, 0.6) is 0 Å². The highest BCUT2D eigenvalue weighted by atomic mass is 32.2. The molecule has 0 aliphatic rings. The van der Waals surface area contributed by atoms with Crippen LogP contribution in [0.15, 0.2) is 58.3 Å². The molecule has 0 unspecified atom stereocenters. The zero-order chi connectivity index (χ0) is 17.5. The van der Waals surface area contributed by atoms with E-state index in [4.69, 9.17) is 9.11 Å². The number of hydrogen-bond donors (Lipinski definition) is 4. The van der Waals surface area contributed by atoms with Gasteiger partial charge in [-0.1, -0.05) is 24.3 Å². The number of hydrogen-bond acceptors (Lipinski definition) is 6. The van der Waals surface area contributed by atoms with E-state index in [9.17, 15) is 26.4 Å². The fourth-order valence-electron chi connectivity index (χ4n) is 1.89. The van der Waals surface area contributed by atoms with Gasteiger partial charge in [-0.25, -0.2) is 0 Å². The van der Waals surface area contributed by atoms with Crippen LogP contribution in [0.2, 0.25) is 0 Å². The lowest BCUT2D eigenvalue weighted by atomic mass is 10.4. The molecule has 2 aromatic rings. The molecule has 2 aromatic carbocycles. The minimum Gasteiger partial charge on any atom is -0.404 e. The Bertz CT molecular complexity index is 839. The first-order chi connectivity index (χ1) is 10.4. The monoisotopic (exact) mass is 376 g/mol. The molecular weight excluding hydrogens is 364 g/mol. The maximum Gasteiger partial charge on any atom is 0.401 e. The van der Waals surface area contributed by atoms with Crippen LogP contribution in [0.3, 0.4) is 0 Å². The second kappa shape index (κ2) is 5.79. The molecule has 0 fully saturated rings. The molecular formula is C12H12O8S2Si. The summed E-state index contributed by atoms with van der Waals surface area (Å²) in [5.74, 6) is 0. The molecule has 0 heterocycles. The Kier molecular flexibility index (Phi) is 4.47. The normalized spacial score (nSPS) is 13.0. The van der Waals surface area contributed by atoms with Crippen LogP contribution < -0.4 is 10.4 Å². The summed E-state index contributed by atoms with van der Waals surface area (Å²) < 4.78 is 61.6. The molecule has 2 rings (SSSR count). The Morgan fingerprint density at radius 3 is 1.09 bits per heavy atom. The van der Waals surface area contributed by atoms with Gasteiger partial charge >= 0.3 is 8.56 Å². The summed E-state index contributed by atoms with van der Waals surface area (Å²) in [5.41, 5.74) is 0. The van der Waals surface area contributed by atoms with Gasteiger partial charge in [0, 0.05) is 0 Å². The van der Waals surface area contributed by atoms with E-state index in [2.05, 4.69) is 0 Å². The smallest absolute Gasteiger partial charge is 0.401 e. The van der Waals surface area contributed by atoms with Crippen LogP contribution in [0.4, 0.5) is 0 Å². The Morgan fingerprint density at radius 1 is 0.609 bits per heavy atom. The van der Waals surface area contributed by atoms with Gasteiger partial charge in [-0.05, 0) is 34.6 Å². The summed E-state index contributed by atoms with van der Waals surface area (Å²) >= 11 is 0. The van der Waals surface area contributed by atoms with Crippen molar-refractivity contribution in [3.05, 3.63) is 48.5 Å². The Balaban J connectivity index is 2.42. The molecule has 0 aliphatic carbocycles. The lowest BCUT2D eigenvalue weighted by Crippen LogP contribution is -2.59. The number of rotatable bonds is 4. The van der Waals surface area contributed by atoms with Crippen molar-refractivity contribution in [2.24, 2.45) is 0 Å². The van der Waals surface area contributed by atoms with E-state index in [1.54, 1.807) is 0 Å². The van der Waals surface area contributed by atoms with Gasteiger partial charge in [0.15, 0.2) is 0 Å². The molecule has 4 N–H and O–H groups in total. The number of benzene rings is 2. The third kappa shape index (κ3) is 3.84. The molecule has 23 heavy (non-hydrogen) atoms. The molecule has 0 saturated carbocycles. The Morgan fingerprint density at radius 2 is 0.870 bits per heavy atom. The van der Waals surface area contributed by atoms with Gasteiger partial charge in [0.25, 0.3) is 20.2 Å². The van der Waals surface area contributed by atoms with E-state index in [0.717, 1.165) is 48.5 Å². The average Bonchev–Trinajstić information content (AvgIpc) is 2.46. The van der Waals surface area contributed by atoms with Gasteiger partial charge in [-0.3, -0.25) is 9.11 Å². The SMILES string of the molecule is O=S(=O)(O)c1ccc([Si](O)(O)c2ccc(S(=O)(=O)O)cc2)cc1. The van der Waals surface area contributed by atoms with Crippen LogP contribution in [0, 0.1) is 0 Å². The molecule has 0 saturated heterocycles. The summed E-state index contributed by atoms with van der Waals surface area (Å²) in [5, 5.41) is 0.0639. The molecule has 124 valence electrons. The summed E-state index contributed by atoms with van der Waals surface area (Å²) in [6, 6.07) is 8.66. The van der Waals surface area contributed by atoms with Crippen molar-refractivity contribution in [2.45, 2.75) is 9.79 Å². The fraction of sp³-hybridized carbons (Fsp3) is 0. The molecule has 0 amide bonds. The van der Waals surface area contributed by atoms with Crippen molar-refractivity contribution in [1.82, 2.24) is 0 Å². The van der Waals surface area contributed by atoms with Crippen molar-refractivity contribution >= 4 is 39.2 Å². The highest BCUT2D eigenvalue weighted by Gasteiger charge is 2.35. The molecule has 0 aliphatic heterocycles. The van der Waals surface area contributed by atoms with E-state index >= 15 is 0 Å². The van der Waals surface area contributed by atoms with E-state index < -0.39 is 38.6 Å². The van der Waals surface area contributed by atoms with Crippen molar-refractivity contribution in [2.75, 3.05) is 0 Å². The maximum absolute atomic E-state index is 11.0. The quantitative estimate of drug-likeness (QED) is 0.381. The summed E-state index contributed by atoms with van der Waals surface area (Å²) in [7, 11) is -13.0. The summed E-state index contributed by atoms with van der Waals surface area (Å²) in [4.78, 5) is 19.8. The van der Waals surface area contributed by atoms with Crippen molar-refractivity contribution in [3.8, 4) is 0 Å². The Hall–Kier alpha value is -1.60. The first-order valence-corrected chi connectivity index (χ1v) is 10.8. The third-order valence-electron chi connectivity index (χ3n) is 3.11. The topological polar surface area (TPSA) is 149 Å². The fourth-order valence-corrected chi connectivity index (χ4v) is 4.44. The minimum absolute atomic E-state index is 0.0319. The average molecular weight is 376 g/mol. The molecule has 0 atom stereocenters. The van der Waals surface area contributed by atoms with Crippen LogP contribution in [-0.2, 0) is 20.2 Å². The van der Waals surface area contributed by atoms with Crippen molar-refractivity contribution in [1.29, 1.82) is 0 Å². The maximum atomic E-state index is 11.0. The van der Waals surface area contributed by atoms with E-state index in [0.29, 0.717) is 0 Å². The van der Waals surface area contributed by atoms with E-state index in [-0.39, 0.29) is 10.4 Å². The minimum atomic E-state index is -4.39. The first-order valence-electron chi connectivity index (χ1n) is 6.03.